The number of amides is 3. The fraction of sp³-hybridized carbons (Fsp3) is 0.500. The Hall–Kier alpha value is -3.16. The van der Waals surface area contributed by atoms with Crippen molar-refractivity contribution >= 4 is 17.6 Å². The molecule has 8 nitrogen and oxygen atoms in total. The Kier molecular flexibility index (Phi) is 6.87. The van der Waals surface area contributed by atoms with Crippen LogP contribution in [-0.4, -0.2) is 58.6 Å². The normalized spacial score (nSPS) is 21.2. The molecule has 4 rings (SSSR count). The molecule has 1 saturated carbocycles. The van der Waals surface area contributed by atoms with E-state index in [1.807, 2.05) is 12.1 Å². The lowest BCUT2D eigenvalue weighted by Gasteiger charge is -2.29. The minimum Gasteiger partial charge on any atom is -0.473 e. The second-order valence-corrected chi connectivity index (χ2v) is 8.80. The summed E-state index contributed by atoms with van der Waals surface area (Å²) >= 11 is 0. The van der Waals surface area contributed by atoms with Crippen LogP contribution in [0, 0.1) is 0 Å². The standard InChI is InChI=1S/C24H31N5O3/c1-17(2)18-3-7-20(8-4-18)29-14-13-28(24(29)31)16-22(30)27-19-5-9-21(10-6-19)32-23-15-25-11-12-26-23/h3-4,7-8,11-12,15,17,19,21H,5-6,9-10,13-14,16H2,1-2H3,(H,27,30). The van der Waals surface area contributed by atoms with Gasteiger partial charge in [0, 0.05) is 37.2 Å². The van der Waals surface area contributed by atoms with Crippen molar-refractivity contribution in [2.24, 2.45) is 0 Å². The number of anilines is 1. The summed E-state index contributed by atoms with van der Waals surface area (Å²) in [6, 6.07) is 8.09. The monoisotopic (exact) mass is 437 g/mol. The molecule has 0 bridgehead atoms. The molecule has 2 heterocycles. The van der Waals surface area contributed by atoms with Gasteiger partial charge in [0.25, 0.3) is 0 Å². The third-order valence-electron chi connectivity index (χ3n) is 6.17. The molecule has 3 amide bonds. The van der Waals surface area contributed by atoms with Crippen molar-refractivity contribution in [3.8, 4) is 5.88 Å². The maximum atomic E-state index is 12.8. The topological polar surface area (TPSA) is 87.7 Å². The average molecular weight is 438 g/mol. The molecule has 0 atom stereocenters. The van der Waals surface area contributed by atoms with Crippen molar-refractivity contribution in [1.82, 2.24) is 20.2 Å². The van der Waals surface area contributed by atoms with E-state index in [1.54, 1.807) is 28.4 Å². The zero-order chi connectivity index (χ0) is 22.5. The quantitative estimate of drug-likeness (QED) is 0.718. The maximum absolute atomic E-state index is 12.8. The highest BCUT2D eigenvalue weighted by atomic mass is 16.5. The van der Waals surface area contributed by atoms with Crippen molar-refractivity contribution < 1.29 is 14.3 Å². The second-order valence-electron chi connectivity index (χ2n) is 8.80. The Bertz CT molecular complexity index is 911. The lowest BCUT2D eigenvalue weighted by Crippen LogP contribution is -2.45. The van der Waals surface area contributed by atoms with Crippen LogP contribution in [0.15, 0.2) is 42.9 Å². The SMILES string of the molecule is CC(C)c1ccc(N2CCN(CC(=O)NC3CCC(Oc4cnccn4)CC3)C2=O)cc1. The Morgan fingerprint density at radius 1 is 1.12 bits per heavy atom. The zero-order valence-corrected chi connectivity index (χ0v) is 18.7. The largest absolute Gasteiger partial charge is 0.473 e. The first-order valence-electron chi connectivity index (χ1n) is 11.4. The number of aromatic nitrogens is 2. The fourth-order valence-corrected chi connectivity index (χ4v) is 4.30. The van der Waals surface area contributed by atoms with Gasteiger partial charge in [-0.05, 0) is 49.3 Å². The molecule has 0 spiro atoms. The molecule has 1 aromatic carbocycles. The summed E-state index contributed by atoms with van der Waals surface area (Å²) < 4.78 is 5.86. The Labute approximate surface area is 189 Å². The van der Waals surface area contributed by atoms with Gasteiger partial charge in [-0.25, -0.2) is 9.78 Å². The van der Waals surface area contributed by atoms with Crippen LogP contribution in [0.25, 0.3) is 0 Å². The van der Waals surface area contributed by atoms with Gasteiger partial charge in [0.15, 0.2) is 0 Å². The molecule has 2 aliphatic rings. The molecule has 8 heteroatoms. The van der Waals surface area contributed by atoms with Crippen molar-refractivity contribution in [2.75, 3.05) is 24.5 Å². The molecule has 1 N–H and O–H groups in total. The number of nitrogens with zero attached hydrogens (tertiary/aromatic N) is 4. The third kappa shape index (κ3) is 5.36. The highest BCUT2D eigenvalue weighted by Gasteiger charge is 2.32. The van der Waals surface area contributed by atoms with Crippen LogP contribution in [-0.2, 0) is 4.79 Å². The van der Waals surface area contributed by atoms with Crippen LogP contribution < -0.4 is 15.0 Å². The first-order valence-corrected chi connectivity index (χ1v) is 11.4. The Balaban J connectivity index is 1.22. The lowest BCUT2D eigenvalue weighted by molar-refractivity contribution is -0.122. The number of hydrogen-bond acceptors (Lipinski definition) is 5. The Morgan fingerprint density at radius 3 is 2.53 bits per heavy atom. The summed E-state index contributed by atoms with van der Waals surface area (Å²) in [6.45, 7) is 5.53. The molecule has 32 heavy (non-hydrogen) atoms. The summed E-state index contributed by atoms with van der Waals surface area (Å²) in [4.78, 5) is 36.9. The van der Waals surface area contributed by atoms with Gasteiger partial charge in [-0.15, -0.1) is 0 Å². The molecule has 1 saturated heterocycles. The summed E-state index contributed by atoms with van der Waals surface area (Å²) in [5.41, 5.74) is 2.12. The van der Waals surface area contributed by atoms with E-state index in [4.69, 9.17) is 4.74 Å². The highest BCUT2D eigenvalue weighted by Crippen LogP contribution is 2.24. The predicted molar refractivity (Wildman–Crippen MR) is 122 cm³/mol. The number of hydrogen-bond donors (Lipinski definition) is 1. The third-order valence-corrected chi connectivity index (χ3v) is 6.17. The molecule has 0 radical (unpaired) electrons. The first kappa shape index (κ1) is 22.0. The molecule has 2 fully saturated rings. The molecule has 1 aliphatic heterocycles. The predicted octanol–water partition coefficient (Wildman–Crippen LogP) is 3.35. The summed E-state index contributed by atoms with van der Waals surface area (Å²) in [7, 11) is 0. The number of nitrogens with one attached hydrogen (secondary N) is 1. The van der Waals surface area contributed by atoms with Crippen molar-refractivity contribution in [2.45, 2.75) is 57.6 Å². The van der Waals surface area contributed by atoms with Gasteiger partial charge in [0.2, 0.25) is 11.8 Å². The van der Waals surface area contributed by atoms with E-state index in [1.165, 1.54) is 5.56 Å². The van der Waals surface area contributed by atoms with Gasteiger partial charge in [-0.1, -0.05) is 26.0 Å². The van der Waals surface area contributed by atoms with E-state index in [2.05, 4.69) is 41.3 Å². The fourth-order valence-electron chi connectivity index (χ4n) is 4.30. The molecule has 1 aromatic heterocycles. The second kappa shape index (κ2) is 9.97. The van der Waals surface area contributed by atoms with Crippen LogP contribution in [0.2, 0.25) is 0 Å². The van der Waals surface area contributed by atoms with Crippen molar-refractivity contribution in [3.63, 3.8) is 0 Å². The van der Waals surface area contributed by atoms with E-state index in [-0.39, 0.29) is 30.6 Å². The lowest BCUT2D eigenvalue weighted by atomic mass is 9.93. The summed E-state index contributed by atoms with van der Waals surface area (Å²) in [5, 5.41) is 3.09. The molecule has 0 unspecified atom stereocenters. The van der Waals surface area contributed by atoms with Gasteiger partial charge in [-0.3, -0.25) is 14.7 Å². The molecule has 2 aromatic rings. The van der Waals surface area contributed by atoms with Gasteiger partial charge in [0.05, 0.1) is 6.20 Å². The van der Waals surface area contributed by atoms with Crippen LogP contribution in [0.1, 0.15) is 51.0 Å². The van der Waals surface area contributed by atoms with Crippen LogP contribution >= 0.6 is 0 Å². The van der Waals surface area contributed by atoms with E-state index < -0.39 is 0 Å². The van der Waals surface area contributed by atoms with Crippen LogP contribution in [0.3, 0.4) is 0 Å². The van der Waals surface area contributed by atoms with Crippen molar-refractivity contribution in [3.05, 3.63) is 48.4 Å². The molecule has 1 aliphatic carbocycles. The average Bonchev–Trinajstić information content (AvgIpc) is 3.15. The van der Waals surface area contributed by atoms with Crippen LogP contribution in [0.4, 0.5) is 10.5 Å². The Morgan fingerprint density at radius 2 is 1.88 bits per heavy atom. The van der Waals surface area contributed by atoms with E-state index >= 15 is 0 Å². The van der Waals surface area contributed by atoms with Gasteiger partial charge in [0.1, 0.15) is 12.6 Å². The molecular formula is C24H31N5O3. The zero-order valence-electron chi connectivity index (χ0n) is 18.7. The van der Waals surface area contributed by atoms with Gasteiger partial charge in [-0.2, -0.15) is 0 Å². The number of rotatable bonds is 7. The van der Waals surface area contributed by atoms with Crippen LogP contribution in [0.5, 0.6) is 5.88 Å². The number of carbonyl (C=O) groups is 2. The van der Waals surface area contributed by atoms with Crippen molar-refractivity contribution in [1.29, 1.82) is 0 Å². The highest BCUT2D eigenvalue weighted by molar-refractivity contribution is 5.96. The van der Waals surface area contributed by atoms with Gasteiger partial charge >= 0.3 is 6.03 Å². The molecule has 170 valence electrons. The number of urea groups is 1. The van der Waals surface area contributed by atoms with E-state index in [9.17, 15) is 9.59 Å². The van der Waals surface area contributed by atoms with E-state index in [0.717, 1.165) is 31.4 Å². The molecular weight excluding hydrogens is 406 g/mol. The summed E-state index contributed by atoms with van der Waals surface area (Å²) in [6.07, 6.45) is 8.33. The smallest absolute Gasteiger partial charge is 0.325 e. The minimum absolute atomic E-state index is 0.0927. The number of ether oxygens (including phenoxy) is 1. The number of benzene rings is 1. The van der Waals surface area contributed by atoms with E-state index in [0.29, 0.717) is 24.9 Å². The maximum Gasteiger partial charge on any atom is 0.325 e. The first-order chi connectivity index (χ1) is 15.5. The minimum atomic E-state index is -0.112. The number of carbonyl (C=O) groups excluding carboxylic acids is 2. The summed E-state index contributed by atoms with van der Waals surface area (Å²) in [5.74, 6) is 0.886. The van der Waals surface area contributed by atoms with Gasteiger partial charge < -0.3 is 15.0 Å².